The van der Waals surface area contributed by atoms with Crippen LogP contribution in [0.15, 0.2) is 30.9 Å². The number of ether oxygens (including phenoxy) is 1. The molecule has 3 aromatic rings. The summed E-state index contributed by atoms with van der Waals surface area (Å²) in [6.07, 6.45) is 9.33. The largest absolute Gasteiger partial charge is 0.367 e. The molecule has 3 aromatic heterocycles. The number of fused-ring (bicyclic) bond motifs is 1. The second kappa shape index (κ2) is 9.26. The molecule has 0 amide bonds. The van der Waals surface area contributed by atoms with Gasteiger partial charge in [0.05, 0.1) is 18.1 Å². The van der Waals surface area contributed by atoms with Crippen LogP contribution in [0.3, 0.4) is 0 Å². The molecule has 33 heavy (non-hydrogen) atoms. The minimum Gasteiger partial charge on any atom is -0.367 e. The van der Waals surface area contributed by atoms with E-state index in [0.717, 1.165) is 61.1 Å². The zero-order chi connectivity index (χ0) is 22.8. The minimum absolute atomic E-state index is 0.0908. The van der Waals surface area contributed by atoms with Gasteiger partial charge in [0.2, 0.25) is 0 Å². The van der Waals surface area contributed by atoms with Crippen molar-refractivity contribution in [2.24, 2.45) is 0 Å². The van der Waals surface area contributed by atoms with Gasteiger partial charge in [-0.05, 0) is 50.7 Å². The average Bonchev–Trinajstić information content (AvgIpc) is 3.26. The molecule has 2 aliphatic heterocycles. The number of nitrogens with one attached hydrogen (secondary N) is 1. The molecule has 176 valence electrons. The van der Waals surface area contributed by atoms with E-state index in [1.165, 1.54) is 18.6 Å². The average molecular weight is 458 g/mol. The number of rotatable bonds is 6. The highest BCUT2D eigenvalue weighted by Crippen LogP contribution is 2.30. The number of piperidine rings is 1. The van der Waals surface area contributed by atoms with E-state index in [0.29, 0.717) is 13.1 Å². The number of likely N-dealkylation sites (tertiary alicyclic amines) is 1. The van der Waals surface area contributed by atoms with Crippen LogP contribution in [0.1, 0.15) is 49.6 Å². The number of anilines is 1. The van der Waals surface area contributed by atoms with E-state index in [4.69, 9.17) is 4.74 Å². The van der Waals surface area contributed by atoms with Gasteiger partial charge in [0.1, 0.15) is 17.8 Å². The van der Waals surface area contributed by atoms with Gasteiger partial charge in [-0.15, -0.1) is 0 Å². The summed E-state index contributed by atoms with van der Waals surface area (Å²) >= 11 is 0. The van der Waals surface area contributed by atoms with Crippen LogP contribution in [0.2, 0.25) is 0 Å². The van der Waals surface area contributed by atoms with Crippen molar-refractivity contribution in [3.05, 3.63) is 42.1 Å². The maximum absolute atomic E-state index is 14.7. The highest BCUT2D eigenvalue weighted by molar-refractivity contribution is 5.86. The molecule has 8 nitrogen and oxygen atoms in total. The van der Waals surface area contributed by atoms with E-state index in [1.807, 2.05) is 16.5 Å². The van der Waals surface area contributed by atoms with E-state index < -0.39 is 5.92 Å². The molecular weight excluding hydrogens is 428 g/mol. The first-order chi connectivity index (χ1) is 16.0. The lowest BCUT2D eigenvalue weighted by Gasteiger charge is -2.34. The third kappa shape index (κ3) is 4.81. The predicted molar refractivity (Wildman–Crippen MR) is 120 cm³/mol. The Labute approximate surface area is 191 Å². The maximum Gasteiger partial charge on any atom is 0.302 e. The van der Waals surface area contributed by atoms with Gasteiger partial charge in [-0.2, -0.15) is 13.9 Å². The van der Waals surface area contributed by atoms with E-state index >= 15 is 0 Å². The lowest BCUT2D eigenvalue weighted by molar-refractivity contribution is -0.0457. The zero-order valence-electron chi connectivity index (χ0n) is 18.8. The van der Waals surface area contributed by atoms with Gasteiger partial charge in [0.25, 0.3) is 0 Å². The number of hydrogen-bond acceptors (Lipinski definition) is 7. The summed E-state index contributed by atoms with van der Waals surface area (Å²) in [4.78, 5) is 14.6. The molecule has 1 atom stereocenters. The Hall–Kier alpha value is -2.72. The van der Waals surface area contributed by atoms with Crippen LogP contribution < -0.4 is 5.32 Å². The van der Waals surface area contributed by atoms with Crippen molar-refractivity contribution in [2.75, 3.05) is 31.6 Å². The molecule has 2 aliphatic rings. The topological polar surface area (TPSA) is 81.0 Å². The number of halogens is 2. The zero-order valence-corrected chi connectivity index (χ0v) is 18.8. The van der Waals surface area contributed by atoms with Gasteiger partial charge in [0, 0.05) is 31.9 Å². The van der Waals surface area contributed by atoms with Gasteiger partial charge >= 0.3 is 5.92 Å². The van der Waals surface area contributed by atoms with Gasteiger partial charge in [-0.1, -0.05) is 6.07 Å². The van der Waals surface area contributed by atoms with Crippen LogP contribution in [-0.4, -0.2) is 61.9 Å². The van der Waals surface area contributed by atoms with Crippen molar-refractivity contribution in [1.82, 2.24) is 29.6 Å². The lowest BCUT2D eigenvalue weighted by Crippen LogP contribution is -2.44. The van der Waals surface area contributed by atoms with Crippen molar-refractivity contribution in [1.29, 1.82) is 0 Å². The third-order valence-electron chi connectivity index (χ3n) is 6.46. The summed E-state index contributed by atoms with van der Waals surface area (Å²) in [6, 6.07) is 3.25. The third-order valence-corrected chi connectivity index (χ3v) is 6.46. The Morgan fingerprint density at radius 3 is 2.67 bits per heavy atom. The van der Waals surface area contributed by atoms with Crippen molar-refractivity contribution in [3.8, 4) is 0 Å². The van der Waals surface area contributed by atoms with Crippen molar-refractivity contribution in [3.63, 3.8) is 0 Å². The first-order valence-electron chi connectivity index (χ1n) is 11.6. The van der Waals surface area contributed by atoms with Crippen LogP contribution in [0.4, 0.5) is 14.6 Å². The van der Waals surface area contributed by atoms with Crippen molar-refractivity contribution < 1.29 is 13.5 Å². The molecule has 0 saturated carbocycles. The number of aryl methyl sites for hydroxylation is 1. The number of hydrogen-bond donors (Lipinski definition) is 1. The van der Waals surface area contributed by atoms with Crippen molar-refractivity contribution >= 4 is 16.9 Å². The fraction of sp³-hybridized carbons (Fsp3) is 0.565. The van der Waals surface area contributed by atoms with Crippen LogP contribution in [0, 0.1) is 6.92 Å². The van der Waals surface area contributed by atoms with Gasteiger partial charge in [-0.3, -0.25) is 9.88 Å². The molecule has 2 fully saturated rings. The second-order valence-corrected chi connectivity index (χ2v) is 8.99. The molecule has 5 heterocycles. The second-order valence-electron chi connectivity index (χ2n) is 8.99. The molecule has 10 heteroatoms. The van der Waals surface area contributed by atoms with E-state index in [2.05, 4.69) is 25.4 Å². The highest BCUT2D eigenvalue weighted by Gasteiger charge is 2.36. The quantitative estimate of drug-likeness (QED) is 0.601. The molecule has 1 N–H and O–H groups in total. The van der Waals surface area contributed by atoms with Crippen LogP contribution in [0.25, 0.3) is 11.0 Å². The predicted octanol–water partition coefficient (Wildman–Crippen LogP) is 3.90. The number of nitrogens with zero attached hydrogens (tertiary/aromatic N) is 6. The Bertz CT molecular complexity index is 1070. The maximum atomic E-state index is 14.7. The van der Waals surface area contributed by atoms with E-state index in [1.54, 1.807) is 12.3 Å². The molecule has 0 radical (unpaired) electrons. The van der Waals surface area contributed by atoms with E-state index in [9.17, 15) is 8.78 Å². The molecule has 0 spiro atoms. The molecule has 2 saturated heterocycles. The smallest absolute Gasteiger partial charge is 0.302 e. The Balaban J connectivity index is 1.21. The summed E-state index contributed by atoms with van der Waals surface area (Å²) in [6.45, 7) is 3.43. The van der Waals surface area contributed by atoms with Gasteiger partial charge in [-0.25, -0.2) is 14.6 Å². The first kappa shape index (κ1) is 22.1. The van der Waals surface area contributed by atoms with Crippen molar-refractivity contribution in [2.45, 2.75) is 57.2 Å². The number of pyridine rings is 1. The van der Waals surface area contributed by atoms with E-state index in [-0.39, 0.29) is 24.5 Å². The molecule has 5 rings (SSSR count). The molecule has 0 bridgehead atoms. The summed E-state index contributed by atoms with van der Waals surface area (Å²) < 4.78 is 37.1. The van der Waals surface area contributed by atoms with Crippen LogP contribution in [0.5, 0.6) is 0 Å². The number of alkyl halides is 2. The monoisotopic (exact) mass is 457 g/mol. The first-order valence-corrected chi connectivity index (χ1v) is 11.6. The number of aromatic nitrogens is 5. The summed E-state index contributed by atoms with van der Waals surface area (Å²) in [7, 11) is 0. The van der Waals surface area contributed by atoms with Gasteiger partial charge < -0.3 is 10.1 Å². The summed E-state index contributed by atoms with van der Waals surface area (Å²) in [5.41, 5.74) is 1.45. The van der Waals surface area contributed by atoms with Crippen LogP contribution in [-0.2, 0) is 10.7 Å². The Kier molecular flexibility index (Phi) is 6.20. The van der Waals surface area contributed by atoms with Crippen LogP contribution >= 0.6 is 0 Å². The minimum atomic E-state index is -2.97. The Morgan fingerprint density at radius 2 is 1.94 bits per heavy atom. The fourth-order valence-electron chi connectivity index (χ4n) is 4.58. The highest BCUT2D eigenvalue weighted by atomic mass is 19.3. The Morgan fingerprint density at radius 1 is 1.09 bits per heavy atom. The summed E-state index contributed by atoms with van der Waals surface area (Å²) in [5, 5.41) is 8.85. The standard InChI is InChI=1S/C23H29F2N7O/c1-16-5-6-19(26-12-16)23(24,25)14-31-9-7-17(8-10-31)30-21-18-13-29-32(22(18)28-15-27-21)20-4-2-3-11-33-20/h5-6,12-13,15,17,20H,2-4,7-11,14H2,1H3,(H,27,28,30). The fourth-order valence-corrected chi connectivity index (χ4v) is 4.58. The lowest BCUT2D eigenvalue weighted by atomic mass is 10.0. The molecule has 1 unspecified atom stereocenters. The molecular formula is C23H29F2N7O. The normalized spacial score (nSPS) is 20.9. The SMILES string of the molecule is Cc1ccc(C(F)(F)CN2CCC(Nc3ncnc4c3cnn4C3CCCCO3)CC2)nc1. The molecule has 0 aromatic carbocycles. The molecule has 0 aliphatic carbocycles. The summed E-state index contributed by atoms with van der Waals surface area (Å²) in [5.74, 6) is -2.24. The van der Waals surface area contributed by atoms with Gasteiger partial charge in [0.15, 0.2) is 11.9 Å².